The molecule has 1 aliphatic rings. The molecule has 1 N–H and O–H groups in total. The Balaban J connectivity index is 1.47. The van der Waals surface area contributed by atoms with Gasteiger partial charge in [0.2, 0.25) is 0 Å². The lowest BCUT2D eigenvalue weighted by Crippen LogP contribution is -2.28. The van der Waals surface area contributed by atoms with E-state index in [1.165, 1.54) is 24.3 Å². The number of hydrogen-bond acceptors (Lipinski definition) is 4. The summed E-state index contributed by atoms with van der Waals surface area (Å²) in [6, 6.07) is 10.9. The van der Waals surface area contributed by atoms with Gasteiger partial charge in [0, 0.05) is 30.8 Å². The lowest BCUT2D eigenvalue weighted by atomic mass is 10.1. The predicted octanol–water partition coefficient (Wildman–Crippen LogP) is 6.47. The first-order valence-electron chi connectivity index (χ1n) is 12.2. The van der Waals surface area contributed by atoms with Gasteiger partial charge in [-0.15, -0.1) is 0 Å². The van der Waals surface area contributed by atoms with E-state index in [2.05, 4.69) is 10.3 Å². The Hall–Kier alpha value is -4.14. The molecular weight excluding hydrogens is 493 g/mol. The number of rotatable bonds is 8. The molecule has 1 atom stereocenters. The number of nitrogens with one attached hydrogen (secondary N) is 1. The maximum atomic E-state index is 14.5. The largest absolute Gasteiger partial charge is 0.492 e. The molecule has 0 saturated heterocycles. The van der Waals surface area contributed by atoms with E-state index in [0.29, 0.717) is 33.9 Å². The highest BCUT2D eigenvalue weighted by molar-refractivity contribution is 5.97. The number of fused-ring (bicyclic) bond motifs is 1. The smallest absolute Gasteiger partial charge is 0.251 e. The quantitative estimate of drug-likeness (QED) is 0.272. The summed E-state index contributed by atoms with van der Waals surface area (Å²) in [6.07, 6.45) is 2.53. The first kappa shape index (κ1) is 26.9. The number of ether oxygens (including phenoxy) is 1. The number of benzene rings is 2. The zero-order valence-corrected chi connectivity index (χ0v) is 21.7. The van der Waals surface area contributed by atoms with Crippen LogP contribution in [0.15, 0.2) is 82.5 Å². The molecule has 0 aliphatic heterocycles. The van der Waals surface area contributed by atoms with Gasteiger partial charge in [-0.1, -0.05) is 13.0 Å². The standard InChI is InChI=1S/C29H29F3N4O2/c1-17-5-7-22(31)16-24(32)27(17)34-19(3)18(2)28-35-25-12-6-20(15-26(25)36(28)4)29(37)33-13-14-38-23-10-8-21(30)9-11-23/h5-6,8-12,15-16,18H,7,13-14H2,1-4H3,(H,33,37). The molecule has 0 spiro atoms. The fourth-order valence-corrected chi connectivity index (χ4v) is 4.11. The third-order valence-corrected chi connectivity index (χ3v) is 6.44. The number of halogens is 3. The SMILES string of the molecule is CC1=CCC(F)=CC(F)=C1N=C(C)C(C)c1nc2ccc(C(=O)NCCOc3ccc(F)cc3)cc2n1C. The second kappa shape index (κ2) is 11.5. The maximum absolute atomic E-state index is 14.5. The molecule has 1 aromatic heterocycles. The van der Waals surface area contributed by atoms with E-state index in [0.717, 1.165) is 11.6 Å². The number of hydrogen-bond donors (Lipinski definition) is 1. The minimum Gasteiger partial charge on any atom is -0.492 e. The molecule has 1 amide bonds. The third kappa shape index (κ3) is 6.04. The van der Waals surface area contributed by atoms with Gasteiger partial charge in [-0.3, -0.25) is 9.79 Å². The Bertz CT molecular complexity index is 1480. The van der Waals surface area contributed by atoms with Gasteiger partial charge in [0.25, 0.3) is 5.91 Å². The average molecular weight is 523 g/mol. The lowest BCUT2D eigenvalue weighted by Gasteiger charge is -2.13. The molecule has 1 heterocycles. The van der Waals surface area contributed by atoms with Crippen molar-refractivity contribution in [2.24, 2.45) is 12.0 Å². The van der Waals surface area contributed by atoms with Crippen LogP contribution in [-0.4, -0.2) is 34.3 Å². The van der Waals surface area contributed by atoms with Crippen LogP contribution >= 0.6 is 0 Å². The van der Waals surface area contributed by atoms with Crippen molar-refractivity contribution in [3.05, 3.63) is 94.7 Å². The van der Waals surface area contributed by atoms with E-state index in [1.54, 1.807) is 38.1 Å². The van der Waals surface area contributed by atoms with Crippen molar-refractivity contribution >= 4 is 22.7 Å². The molecule has 0 fully saturated rings. The van der Waals surface area contributed by atoms with Crippen molar-refractivity contribution < 1.29 is 22.7 Å². The fourth-order valence-electron chi connectivity index (χ4n) is 4.11. The molecular formula is C29H29F3N4O2. The summed E-state index contributed by atoms with van der Waals surface area (Å²) in [6.45, 7) is 5.92. The topological polar surface area (TPSA) is 68.5 Å². The first-order chi connectivity index (χ1) is 18.1. The number of aliphatic imine (C=N–C) groups is 1. The second-order valence-corrected chi connectivity index (χ2v) is 9.14. The van der Waals surface area contributed by atoms with Gasteiger partial charge in [0.15, 0.2) is 5.83 Å². The molecule has 9 heteroatoms. The van der Waals surface area contributed by atoms with Crippen molar-refractivity contribution in [3.63, 3.8) is 0 Å². The summed E-state index contributed by atoms with van der Waals surface area (Å²) >= 11 is 0. The molecule has 0 saturated carbocycles. The summed E-state index contributed by atoms with van der Waals surface area (Å²) in [7, 11) is 1.85. The number of aryl methyl sites for hydroxylation is 1. The summed E-state index contributed by atoms with van der Waals surface area (Å²) in [5, 5.41) is 2.81. The highest BCUT2D eigenvalue weighted by Gasteiger charge is 2.20. The van der Waals surface area contributed by atoms with Gasteiger partial charge < -0.3 is 14.6 Å². The van der Waals surface area contributed by atoms with E-state index in [9.17, 15) is 18.0 Å². The molecule has 4 rings (SSSR count). The van der Waals surface area contributed by atoms with E-state index in [-0.39, 0.29) is 42.9 Å². The zero-order valence-electron chi connectivity index (χ0n) is 21.7. The monoisotopic (exact) mass is 522 g/mol. The Labute approximate surface area is 219 Å². The first-order valence-corrected chi connectivity index (χ1v) is 12.2. The number of allylic oxidation sites excluding steroid dienone is 5. The summed E-state index contributed by atoms with van der Waals surface area (Å²) in [5.74, 6) is -0.907. The molecule has 3 aromatic rings. The Morgan fingerprint density at radius 2 is 1.92 bits per heavy atom. The Morgan fingerprint density at radius 3 is 2.66 bits per heavy atom. The summed E-state index contributed by atoms with van der Waals surface area (Å²) < 4.78 is 48.6. The molecule has 6 nitrogen and oxygen atoms in total. The van der Waals surface area contributed by atoms with Crippen molar-refractivity contribution in [2.75, 3.05) is 13.2 Å². The van der Waals surface area contributed by atoms with Gasteiger partial charge in [0.1, 0.15) is 35.5 Å². The second-order valence-electron chi connectivity index (χ2n) is 9.14. The third-order valence-electron chi connectivity index (χ3n) is 6.44. The van der Waals surface area contributed by atoms with Crippen LogP contribution in [0.4, 0.5) is 13.2 Å². The number of imidazole rings is 1. The van der Waals surface area contributed by atoms with E-state index < -0.39 is 11.7 Å². The number of carbonyl (C=O) groups excluding carboxylic acids is 1. The summed E-state index contributed by atoms with van der Waals surface area (Å²) in [4.78, 5) is 21.9. The predicted molar refractivity (Wildman–Crippen MR) is 142 cm³/mol. The fraction of sp³-hybridized carbons (Fsp3) is 0.276. The number of amides is 1. The normalized spacial score (nSPS) is 15.2. The zero-order chi connectivity index (χ0) is 27.4. The molecule has 0 radical (unpaired) electrons. The number of carbonyl (C=O) groups is 1. The molecule has 0 bridgehead atoms. The highest BCUT2D eigenvalue weighted by atomic mass is 19.1. The van der Waals surface area contributed by atoms with Crippen LogP contribution < -0.4 is 10.1 Å². The van der Waals surface area contributed by atoms with Gasteiger partial charge in [-0.25, -0.2) is 18.2 Å². The van der Waals surface area contributed by atoms with Crippen LogP contribution in [0.2, 0.25) is 0 Å². The van der Waals surface area contributed by atoms with Crippen LogP contribution in [0.5, 0.6) is 5.75 Å². The van der Waals surface area contributed by atoms with Crippen LogP contribution in [-0.2, 0) is 7.05 Å². The van der Waals surface area contributed by atoms with Crippen molar-refractivity contribution in [1.82, 2.24) is 14.9 Å². The molecule has 198 valence electrons. The summed E-state index contributed by atoms with van der Waals surface area (Å²) in [5.41, 5.74) is 3.24. The van der Waals surface area contributed by atoms with Crippen LogP contribution in [0.25, 0.3) is 11.0 Å². The average Bonchev–Trinajstić information content (AvgIpc) is 3.17. The van der Waals surface area contributed by atoms with E-state index >= 15 is 0 Å². The number of aromatic nitrogens is 2. The Morgan fingerprint density at radius 1 is 1.18 bits per heavy atom. The van der Waals surface area contributed by atoms with E-state index in [1.807, 2.05) is 18.5 Å². The van der Waals surface area contributed by atoms with Gasteiger partial charge in [0.05, 0.1) is 23.5 Å². The van der Waals surface area contributed by atoms with Crippen LogP contribution in [0.3, 0.4) is 0 Å². The van der Waals surface area contributed by atoms with Crippen LogP contribution in [0.1, 0.15) is 49.3 Å². The number of nitrogens with zero attached hydrogens (tertiary/aromatic N) is 3. The van der Waals surface area contributed by atoms with Gasteiger partial charge in [-0.2, -0.15) is 0 Å². The molecule has 1 aliphatic carbocycles. The molecule has 2 aromatic carbocycles. The lowest BCUT2D eigenvalue weighted by molar-refractivity contribution is 0.0947. The van der Waals surface area contributed by atoms with Crippen molar-refractivity contribution in [1.29, 1.82) is 0 Å². The van der Waals surface area contributed by atoms with Gasteiger partial charge in [-0.05, 0) is 61.9 Å². The maximum Gasteiger partial charge on any atom is 0.251 e. The molecule has 1 unspecified atom stereocenters. The van der Waals surface area contributed by atoms with Crippen LogP contribution in [0, 0.1) is 5.82 Å². The minimum atomic E-state index is -0.705. The van der Waals surface area contributed by atoms with Crippen molar-refractivity contribution in [3.8, 4) is 5.75 Å². The van der Waals surface area contributed by atoms with E-state index in [4.69, 9.17) is 9.72 Å². The molecule has 38 heavy (non-hydrogen) atoms. The minimum absolute atomic E-state index is 0.0365. The Kier molecular flexibility index (Phi) is 8.14. The van der Waals surface area contributed by atoms with Crippen molar-refractivity contribution in [2.45, 2.75) is 33.1 Å². The van der Waals surface area contributed by atoms with Gasteiger partial charge >= 0.3 is 0 Å². The highest BCUT2D eigenvalue weighted by Crippen LogP contribution is 2.28.